The van der Waals surface area contributed by atoms with Gasteiger partial charge in [0.2, 0.25) is 0 Å². The van der Waals surface area contributed by atoms with Crippen molar-refractivity contribution in [3.05, 3.63) is 42.9 Å². The summed E-state index contributed by atoms with van der Waals surface area (Å²) < 4.78 is 1.84. The number of aromatic nitrogens is 4. The Morgan fingerprint density at radius 2 is 1.83 bits per heavy atom. The van der Waals surface area contributed by atoms with Crippen molar-refractivity contribution in [3.8, 4) is 11.3 Å². The predicted molar refractivity (Wildman–Crippen MR) is 116 cm³/mol. The number of rotatable bonds is 4. The Labute approximate surface area is 176 Å². The first kappa shape index (κ1) is 20.1. The van der Waals surface area contributed by atoms with Gasteiger partial charge in [0.05, 0.1) is 11.9 Å². The Morgan fingerprint density at radius 3 is 2.47 bits per heavy atom. The average molecular weight is 409 g/mol. The number of pyridine rings is 1. The number of nitrogens with one attached hydrogen (secondary N) is 1. The van der Waals surface area contributed by atoms with Gasteiger partial charge in [-0.1, -0.05) is 0 Å². The summed E-state index contributed by atoms with van der Waals surface area (Å²) in [7, 11) is 0. The standard InChI is InChI=1S/C22H28N6O2/c1-22(2,3)27(21(29)30)17-6-4-16(5-7-17)25-19-8-9-20-24-14-18(28(20)26-19)15-10-12-23-13-11-15/h8-14,16-17H,4-7H2,1-3H3,(H,25,26)(H,29,30)/t16-,17+. The Balaban J connectivity index is 1.46. The quantitative estimate of drug-likeness (QED) is 0.668. The van der Waals surface area contributed by atoms with E-state index >= 15 is 0 Å². The van der Waals surface area contributed by atoms with Crippen molar-refractivity contribution in [3.63, 3.8) is 0 Å². The van der Waals surface area contributed by atoms with Crippen LogP contribution in [0.4, 0.5) is 10.6 Å². The topological polar surface area (TPSA) is 95.7 Å². The van der Waals surface area contributed by atoms with Gasteiger partial charge in [0, 0.05) is 35.6 Å². The SMILES string of the molecule is CC(C)(C)N(C(=O)O)[C@H]1CC[C@@H](Nc2ccc3ncc(-c4ccncc4)n3n2)CC1. The summed E-state index contributed by atoms with van der Waals surface area (Å²) in [5.74, 6) is 0.796. The van der Waals surface area contributed by atoms with E-state index in [1.165, 1.54) is 0 Å². The maximum atomic E-state index is 11.8. The van der Waals surface area contributed by atoms with E-state index in [0.29, 0.717) is 0 Å². The highest BCUT2D eigenvalue weighted by atomic mass is 16.4. The zero-order valence-corrected chi connectivity index (χ0v) is 17.6. The van der Waals surface area contributed by atoms with Crippen molar-refractivity contribution in [2.45, 2.75) is 64.1 Å². The molecule has 0 spiro atoms. The van der Waals surface area contributed by atoms with Gasteiger partial charge >= 0.3 is 6.09 Å². The molecule has 0 radical (unpaired) electrons. The maximum absolute atomic E-state index is 11.8. The molecule has 1 aliphatic carbocycles. The molecule has 0 unspecified atom stereocenters. The third-order valence-corrected chi connectivity index (χ3v) is 5.68. The van der Waals surface area contributed by atoms with Gasteiger partial charge in [-0.15, -0.1) is 5.10 Å². The molecule has 8 heteroatoms. The fourth-order valence-corrected chi connectivity index (χ4v) is 4.35. The Morgan fingerprint density at radius 1 is 1.13 bits per heavy atom. The van der Waals surface area contributed by atoms with Crippen LogP contribution in [0.15, 0.2) is 42.9 Å². The second-order valence-electron chi connectivity index (χ2n) is 8.84. The zero-order valence-electron chi connectivity index (χ0n) is 17.6. The number of hydrogen-bond acceptors (Lipinski definition) is 5. The molecule has 2 N–H and O–H groups in total. The highest BCUT2D eigenvalue weighted by Gasteiger charge is 2.35. The van der Waals surface area contributed by atoms with Crippen LogP contribution in [-0.2, 0) is 0 Å². The number of amides is 1. The van der Waals surface area contributed by atoms with Crippen LogP contribution in [0, 0.1) is 0 Å². The molecule has 0 aliphatic heterocycles. The highest BCUT2D eigenvalue weighted by molar-refractivity contribution is 5.66. The van der Waals surface area contributed by atoms with Gasteiger partial charge < -0.3 is 15.3 Å². The molecule has 0 aromatic carbocycles. The van der Waals surface area contributed by atoms with Crippen molar-refractivity contribution in [1.29, 1.82) is 0 Å². The van der Waals surface area contributed by atoms with E-state index in [1.807, 2.05) is 55.7 Å². The molecule has 3 aromatic heterocycles. The minimum absolute atomic E-state index is 0.0583. The van der Waals surface area contributed by atoms with Crippen molar-refractivity contribution in [2.75, 3.05) is 5.32 Å². The number of imidazole rings is 1. The first-order chi connectivity index (χ1) is 14.3. The van der Waals surface area contributed by atoms with Gasteiger partial charge in [0.1, 0.15) is 5.82 Å². The van der Waals surface area contributed by atoms with Crippen LogP contribution in [0.5, 0.6) is 0 Å². The van der Waals surface area contributed by atoms with Crippen LogP contribution >= 0.6 is 0 Å². The minimum Gasteiger partial charge on any atom is -0.465 e. The van der Waals surface area contributed by atoms with Crippen LogP contribution in [-0.4, -0.2) is 53.3 Å². The number of carbonyl (C=O) groups is 1. The number of nitrogens with zero attached hydrogens (tertiary/aromatic N) is 5. The number of anilines is 1. The summed E-state index contributed by atoms with van der Waals surface area (Å²) in [6.07, 6.45) is 8.00. The lowest BCUT2D eigenvalue weighted by molar-refractivity contribution is 0.0556. The fourth-order valence-electron chi connectivity index (χ4n) is 4.35. The van der Waals surface area contributed by atoms with Gasteiger partial charge in [-0.25, -0.2) is 14.3 Å². The molecule has 1 saturated carbocycles. The van der Waals surface area contributed by atoms with Crippen molar-refractivity contribution in [1.82, 2.24) is 24.5 Å². The minimum atomic E-state index is -0.838. The van der Waals surface area contributed by atoms with E-state index < -0.39 is 11.6 Å². The molecular weight excluding hydrogens is 380 g/mol. The average Bonchev–Trinajstić information content (AvgIpc) is 3.12. The lowest BCUT2D eigenvalue weighted by atomic mass is 9.88. The summed E-state index contributed by atoms with van der Waals surface area (Å²) in [5.41, 5.74) is 2.33. The summed E-state index contributed by atoms with van der Waals surface area (Å²) in [4.78, 5) is 21.9. The van der Waals surface area contributed by atoms with Crippen LogP contribution in [0.25, 0.3) is 16.9 Å². The molecular formula is C22H28N6O2. The number of fused-ring (bicyclic) bond motifs is 1. The normalized spacial score (nSPS) is 19.6. The lowest BCUT2D eigenvalue weighted by Crippen LogP contribution is -2.52. The van der Waals surface area contributed by atoms with Crippen LogP contribution in [0.2, 0.25) is 0 Å². The van der Waals surface area contributed by atoms with Crippen molar-refractivity contribution >= 4 is 17.6 Å². The van der Waals surface area contributed by atoms with Crippen molar-refractivity contribution in [2.24, 2.45) is 0 Å². The molecule has 158 valence electrons. The summed E-state index contributed by atoms with van der Waals surface area (Å²) in [5, 5.41) is 17.9. The molecule has 30 heavy (non-hydrogen) atoms. The first-order valence-corrected chi connectivity index (χ1v) is 10.4. The maximum Gasteiger partial charge on any atom is 0.407 e. The predicted octanol–water partition coefficient (Wildman–Crippen LogP) is 4.29. The monoisotopic (exact) mass is 408 g/mol. The molecule has 8 nitrogen and oxygen atoms in total. The van der Waals surface area contributed by atoms with Crippen LogP contribution in [0.3, 0.4) is 0 Å². The molecule has 0 saturated heterocycles. The van der Waals surface area contributed by atoms with Gasteiger partial charge in [0.25, 0.3) is 0 Å². The third-order valence-electron chi connectivity index (χ3n) is 5.68. The summed E-state index contributed by atoms with van der Waals surface area (Å²) in [6, 6.07) is 8.12. The van der Waals surface area contributed by atoms with Gasteiger partial charge in [-0.05, 0) is 70.7 Å². The molecule has 0 atom stereocenters. The fraction of sp³-hybridized carbons (Fsp3) is 0.455. The molecule has 1 aliphatic rings. The molecule has 1 fully saturated rings. The van der Waals surface area contributed by atoms with E-state index in [-0.39, 0.29) is 12.1 Å². The highest BCUT2D eigenvalue weighted by Crippen LogP contribution is 2.30. The zero-order chi connectivity index (χ0) is 21.3. The lowest BCUT2D eigenvalue weighted by Gasteiger charge is -2.42. The second-order valence-corrected chi connectivity index (χ2v) is 8.84. The Bertz CT molecular complexity index is 1020. The molecule has 3 heterocycles. The van der Waals surface area contributed by atoms with E-state index in [2.05, 4.69) is 15.3 Å². The van der Waals surface area contributed by atoms with E-state index in [9.17, 15) is 9.90 Å². The van der Waals surface area contributed by atoms with Gasteiger partial charge in [0.15, 0.2) is 5.65 Å². The smallest absolute Gasteiger partial charge is 0.407 e. The first-order valence-electron chi connectivity index (χ1n) is 10.4. The largest absolute Gasteiger partial charge is 0.465 e. The van der Waals surface area contributed by atoms with Gasteiger partial charge in [-0.2, -0.15) is 0 Å². The van der Waals surface area contributed by atoms with Crippen molar-refractivity contribution < 1.29 is 9.90 Å². The number of hydrogen-bond donors (Lipinski definition) is 2. The summed E-state index contributed by atoms with van der Waals surface area (Å²) in [6.45, 7) is 5.86. The van der Waals surface area contributed by atoms with E-state index in [0.717, 1.165) is 48.4 Å². The molecule has 4 rings (SSSR count). The Hall–Kier alpha value is -3.16. The second kappa shape index (κ2) is 7.93. The Kier molecular flexibility index (Phi) is 5.32. The van der Waals surface area contributed by atoms with E-state index in [1.54, 1.807) is 17.3 Å². The molecule has 1 amide bonds. The van der Waals surface area contributed by atoms with Crippen LogP contribution < -0.4 is 5.32 Å². The number of carboxylic acid groups (broad SMARTS) is 1. The third kappa shape index (κ3) is 4.08. The van der Waals surface area contributed by atoms with E-state index in [4.69, 9.17) is 5.10 Å². The van der Waals surface area contributed by atoms with Gasteiger partial charge in [-0.3, -0.25) is 4.98 Å². The molecule has 3 aromatic rings. The van der Waals surface area contributed by atoms with Crippen LogP contribution in [0.1, 0.15) is 46.5 Å². The molecule has 0 bridgehead atoms. The summed E-state index contributed by atoms with van der Waals surface area (Å²) >= 11 is 0.